The Balaban J connectivity index is 1.79. The van der Waals surface area contributed by atoms with Gasteiger partial charge in [-0.05, 0) is 25.1 Å². The molecular formula is C18H14F2N4O3. The van der Waals surface area contributed by atoms with Crippen LogP contribution in [0.1, 0.15) is 24.4 Å². The number of amides is 1. The van der Waals surface area contributed by atoms with Crippen molar-refractivity contribution in [2.75, 3.05) is 4.90 Å². The first-order valence-electron chi connectivity index (χ1n) is 8.15. The summed E-state index contributed by atoms with van der Waals surface area (Å²) < 4.78 is 33.0. The number of aliphatic hydroxyl groups is 1. The van der Waals surface area contributed by atoms with Gasteiger partial charge >= 0.3 is 12.0 Å². The fraction of sp³-hybridized carbons (Fsp3) is 0.222. The smallest absolute Gasteiger partial charge is 0.423 e. The zero-order chi connectivity index (χ0) is 19.2. The van der Waals surface area contributed by atoms with Crippen LogP contribution in [0.15, 0.2) is 42.5 Å². The summed E-state index contributed by atoms with van der Waals surface area (Å²) in [6.45, 7) is 1.11. The van der Waals surface area contributed by atoms with Gasteiger partial charge in [-0.3, -0.25) is 9.69 Å². The number of rotatable bonds is 3. The van der Waals surface area contributed by atoms with E-state index in [0.717, 1.165) is 4.90 Å². The van der Waals surface area contributed by atoms with Gasteiger partial charge in [-0.15, -0.1) is 10.2 Å². The first-order chi connectivity index (χ1) is 12.9. The third kappa shape index (κ3) is 2.95. The van der Waals surface area contributed by atoms with E-state index in [9.17, 15) is 18.7 Å². The average molecular weight is 372 g/mol. The predicted octanol–water partition coefficient (Wildman–Crippen LogP) is 2.60. The molecular weight excluding hydrogens is 358 g/mol. The Hall–Kier alpha value is -3.20. The third-order valence-corrected chi connectivity index (χ3v) is 4.19. The number of alkyl halides is 2. The van der Waals surface area contributed by atoms with Gasteiger partial charge in [-0.25, -0.2) is 4.98 Å². The summed E-state index contributed by atoms with van der Waals surface area (Å²) in [6, 6.07) is 11.4. The summed E-state index contributed by atoms with van der Waals surface area (Å²) in [4.78, 5) is 17.4. The SMILES string of the molecule is C[C@H](O)c1cccc2c1OC(F)(F)C(=O)N2Cc1nnc2ccccc2n1. The summed E-state index contributed by atoms with van der Waals surface area (Å²) in [5, 5.41) is 17.8. The van der Waals surface area contributed by atoms with E-state index in [1.807, 2.05) is 0 Å². The lowest BCUT2D eigenvalue weighted by Gasteiger charge is -2.34. The maximum atomic E-state index is 14.2. The van der Waals surface area contributed by atoms with E-state index in [1.165, 1.54) is 19.1 Å². The maximum absolute atomic E-state index is 14.2. The molecule has 1 amide bonds. The monoisotopic (exact) mass is 372 g/mol. The number of anilines is 1. The normalized spacial score (nSPS) is 16.7. The standard InChI is InChI=1S/C18H14F2N4O3/c1-10(25)11-5-4-8-14-16(11)27-18(19,20)17(26)24(14)9-15-21-12-6-2-3-7-13(12)22-23-15/h2-8,10,25H,9H2,1H3/t10-/m0/s1. The third-order valence-electron chi connectivity index (χ3n) is 4.19. The fourth-order valence-corrected chi connectivity index (χ4v) is 2.91. The van der Waals surface area contributed by atoms with E-state index in [1.54, 1.807) is 30.3 Å². The van der Waals surface area contributed by atoms with Crippen molar-refractivity contribution in [3.63, 3.8) is 0 Å². The molecule has 9 heteroatoms. The molecule has 1 atom stereocenters. The highest BCUT2D eigenvalue weighted by Crippen LogP contribution is 2.43. The van der Waals surface area contributed by atoms with Crippen molar-refractivity contribution in [3.8, 4) is 5.75 Å². The van der Waals surface area contributed by atoms with Crippen molar-refractivity contribution in [1.82, 2.24) is 15.2 Å². The summed E-state index contributed by atoms with van der Waals surface area (Å²) in [5.41, 5.74) is 1.35. The zero-order valence-electron chi connectivity index (χ0n) is 14.1. The number of fused-ring (bicyclic) bond motifs is 2. The lowest BCUT2D eigenvalue weighted by atomic mass is 10.1. The molecule has 1 aliphatic heterocycles. The van der Waals surface area contributed by atoms with Crippen molar-refractivity contribution in [3.05, 3.63) is 53.9 Å². The molecule has 138 valence electrons. The number of ether oxygens (including phenoxy) is 1. The van der Waals surface area contributed by atoms with Crippen LogP contribution in [0.2, 0.25) is 0 Å². The molecule has 0 aliphatic carbocycles. The van der Waals surface area contributed by atoms with Crippen LogP contribution in [0.5, 0.6) is 5.75 Å². The van der Waals surface area contributed by atoms with Gasteiger partial charge in [0.15, 0.2) is 11.6 Å². The highest BCUT2D eigenvalue weighted by Gasteiger charge is 2.51. The second kappa shape index (κ2) is 6.20. The molecule has 3 aromatic rings. The van der Waals surface area contributed by atoms with Gasteiger partial charge in [-0.1, -0.05) is 24.3 Å². The predicted molar refractivity (Wildman–Crippen MR) is 91.2 cm³/mol. The lowest BCUT2D eigenvalue weighted by molar-refractivity contribution is -0.193. The number of halogens is 2. The van der Waals surface area contributed by atoms with Gasteiger partial charge in [-0.2, -0.15) is 8.78 Å². The number of hydrogen-bond acceptors (Lipinski definition) is 6. The number of carbonyl (C=O) groups is 1. The number of benzene rings is 2. The molecule has 0 spiro atoms. The molecule has 0 radical (unpaired) electrons. The van der Waals surface area contributed by atoms with Crippen molar-refractivity contribution < 1.29 is 23.4 Å². The molecule has 4 rings (SSSR count). The molecule has 0 saturated heterocycles. The fourth-order valence-electron chi connectivity index (χ4n) is 2.91. The van der Waals surface area contributed by atoms with Gasteiger partial charge in [0, 0.05) is 5.56 Å². The van der Waals surface area contributed by atoms with Crippen molar-refractivity contribution in [2.45, 2.75) is 25.7 Å². The Kier molecular flexibility index (Phi) is 3.96. The minimum Gasteiger partial charge on any atom is -0.423 e. The van der Waals surface area contributed by atoms with Crippen molar-refractivity contribution >= 4 is 22.6 Å². The largest absolute Gasteiger partial charge is 0.483 e. The Morgan fingerprint density at radius 2 is 1.89 bits per heavy atom. The molecule has 0 fully saturated rings. The molecule has 27 heavy (non-hydrogen) atoms. The molecule has 0 saturated carbocycles. The van der Waals surface area contributed by atoms with Crippen LogP contribution in [-0.2, 0) is 11.3 Å². The highest BCUT2D eigenvalue weighted by atomic mass is 19.3. The molecule has 1 aliphatic rings. The summed E-state index contributed by atoms with van der Waals surface area (Å²) in [5.74, 6) is -1.67. The number of aliphatic hydroxyl groups excluding tert-OH is 1. The molecule has 2 aromatic carbocycles. The summed E-state index contributed by atoms with van der Waals surface area (Å²) >= 11 is 0. The second-order valence-electron chi connectivity index (χ2n) is 6.10. The molecule has 1 N–H and O–H groups in total. The van der Waals surface area contributed by atoms with Gasteiger partial charge < -0.3 is 9.84 Å². The zero-order valence-corrected chi connectivity index (χ0v) is 14.1. The number of nitrogens with zero attached hydrogens (tertiary/aromatic N) is 4. The topological polar surface area (TPSA) is 88.4 Å². The Morgan fingerprint density at radius 1 is 1.15 bits per heavy atom. The molecule has 0 bridgehead atoms. The van der Waals surface area contributed by atoms with Crippen molar-refractivity contribution in [1.29, 1.82) is 0 Å². The van der Waals surface area contributed by atoms with Gasteiger partial charge in [0.2, 0.25) is 0 Å². The molecule has 2 heterocycles. The van der Waals surface area contributed by atoms with Crippen molar-refractivity contribution in [2.24, 2.45) is 0 Å². The van der Waals surface area contributed by atoms with E-state index in [-0.39, 0.29) is 29.4 Å². The van der Waals surface area contributed by atoms with Crippen LogP contribution < -0.4 is 9.64 Å². The molecule has 0 unspecified atom stereocenters. The highest BCUT2D eigenvalue weighted by molar-refractivity contribution is 6.01. The number of carbonyl (C=O) groups excluding carboxylic acids is 1. The minimum absolute atomic E-state index is 0.105. The summed E-state index contributed by atoms with van der Waals surface area (Å²) in [7, 11) is 0. The first kappa shape index (κ1) is 17.2. The van der Waals surface area contributed by atoms with E-state index in [2.05, 4.69) is 19.9 Å². The van der Waals surface area contributed by atoms with Crippen LogP contribution in [0.3, 0.4) is 0 Å². The Morgan fingerprint density at radius 3 is 2.63 bits per heavy atom. The van der Waals surface area contributed by atoms with Gasteiger partial charge in [0.1, 0.15) is 5.52 Å². The van der Waals surface area contributed by atoms with Crippen LogP contribution in [-0.4, -0.2) is 32.3 Å². The second-order valence-corrected chi connectivity index (χ2v) is 6.10. The molecule has 7 nitrogen and oxygen atoms in total. The van der Waals surface area contributed by atoms with Crippen LogP contribution in [0.4, 0.5) is 14.5 Å². The summed E-state index contributed by atoms with van der Waals surface area (Å²) in [6.07, 6.45) is -5.12. The van der Waals surface area contributed by atoms with E-state index < -0.39 is 18.1 Å². The average Bonchev–Trinajstić information content (AvgIpc) is 2.64. The minimum atomic E-state index is -4.07. The first-order valence-corrected chi connectivity index (χ1v) is 8.15. The Labute approximate surface area is 152 Å². The van der Waals surface area contributed by atoms with Gasteiger partial charge in [0.05, 0.1) is 23.9 Å². The molecule has 1 aromatic heterocycles. The van der Waals surface area contributed by atoms with Crippen LogP contribution in [0.25, 0.3) is 11.0 Å². The maximum Gasteiger partial charge on any atom is 0.483 e. The quantitative estimate of drug-likeness (QED) is 0.760. The van der Waals surface area contributed by atoms with E-state index >= 15 is 0 Å². The van der Waals surface area contributed by atoms with E-state index in [4.69, 9.17) is 0 Å². The van der Waals surface area contributed by atoms with E-state index in [0.29, 0.717) is 11.0 Å². The van der Waals surface area contributed by atoms with Crippen LogP contribution >= 0.6 is 0 Å². The number of hydrogen-bond donors (Lipinski definition) is 1. The number of aromatic nitrogens is 3. The number of para-hydroxylation sites is 2. The van der Waals surface area contributed by atoms with Crippen LogP contribution in [0, 0.1) is 0 Å². The van der Waals surface area contributed by atoms with Gasteiger partial charge in [0.25, 0.3) is 0 Å². The Bertz CT molecular complexity index is 1040. The lowest BCUT2D eigenvalue weighted by Crippen LogP contribution is -2.50.